The van der Waals surface area contributed by atoms with Crippen LogP contribution in [0.3, 0.4) is 0 Å². The number of ether oxygens (including phenoxy) is 1. The van der Waals surface area contributed by atoms with Gasteiger partial charge < -0.3 is 10.1 Å². The van der Waals surface area contributed by atoms with Crippen LogP contribution in [-0.2, 0) is 7.05 Å². The van der Waals surface area contributed by atoms with Gasteiger partial charge in [-0.15, -0.1) is 0 Å². The maximum absolute atomic E-state index is 5.64. The van der Waals surface area contributed by atoms with E-state index in [0.29, 0.717) is 0 Å². The van der Waals surface area contributed by atoms with Crippen molar-refractivity contribution >= 4 is 0 Å². The molecule has 1 aromatic carbocycles. The van der Waals surface area contributed by atoms with Gasteiger partial charge in [-0.2, -0.15) is 5.10 Å². The molecule has 0 saturated heterocycles. The lowest BCUT2D eigenvalue weighted by molar-refractivity contribution is 0.401. The molecule has 0 bridgehead atoms. The van der Waals surface area contributed by atoms with Gasteiger partial charge in [0.15, 0.2) is 0 Å². The Morgan fingerprint density at radius 1 is 1.33 bits per heavy atom. The molecule has 114 valence electrons. The Morgan fingerprint density at radius 2 is 2.10 bits per heavy atom. The molecule has 1 aromatic heterocycles. The molecule has 0 aliphatic heterocycles. The average Bonchev–Trinajstić information content (AvgIpc) is 2.86. The minimum atomic E-state index is 0.0907. The van der Waals surface area contributed by atoms with E-state index in [1.54, 1.807) is 7.11 Å². The topological polar surface area (TPSA) is 39.1 Å². The molecule has 4 nitrogen and oxygen atoms in total. The fraction of sp³-hybridized carbons (Fsp3) is 0.471. The molecule has 0 spiro atoms. The third-order valence-corrected chi connectivity index (χ3v) is 3.75. The fourth-order valence-corrected chi connectivity index (χ4v) is 2.79. The number of nitrogens with one attached hydrogen (secondary N) is 1. The van der Waals surface area contributed by atoms with Crippen molar-refractivity contribution in [2.75, 3.05) is 13.7 Å². The largest absolute Gasteiger partial charge is 0.496 e. The predicted octanol–water partition coefficient (Wildman–Crippen LogP) is 3.13. The highest BCUT2D eigenvalue weighted by atomic mass is 16.5. The Morgan fingerprint density at radius 3 is 2.67 bits per heavy atom. The molecule has 0 radical (unpaired) electrons. The average molecular weight is 287 g/mol. The summed E-state index contributed by atoms with van der Waals surface area (Å²) in [5.41, 5.74) is 4.79. The van der Waals surface area contributed by atoms with Crippen molar-refractivity contribution in [2.45, 2.75) is 33.2 Å². The van der Waals surface area contributed by atoms with Crippen molar-refractivity contribution in [1.82, 2.24) is 15.1 Å². The Hall–Kier alpha value is -1.81. The highest BCUT2D eigenvalue weighted by molar-refractivity contribution is 5.47. The van der Waals surface area contributed by atoms with Gasteiger partial charge in [0.2, 0.25) is 0 Å². The SMILES string of the molecule is CCCNC(c1c(C)cc(C)cc1OC)c1ccnn1C. The van der Waals surface area contributed by atoms with Crippen molar-refractivity contribution < 1.29 is 4.74 Å². The summed E-state index contributed by atoms with van der Waals surface area (Å²) in [6, 6.07) is 6.45. The molecule has 21 heavy (non-hydrogen) atoms. The molecule has 4 heteroatoms. The highest BCUT2D eigenvalue weighted by Crippen LogP contribution is 2.33. The van der Waals surface area contributed by atoms with Crippen LogP contribution >= 0.6 is 0 Å². The van der Waals surface area contributed by atoms with E-state index in [1.165, 1.54) is 16.7 Å². The molecule has 2 aromatic rings. The van der Waals surface area contributed by atoms with Crippen LogP contribution in [0.4, 0.5) is 0 Å². The molecule has 1 heterocycles. The molecule has 2 rings (SSSR count). The van der Waals surface area contributed by atoms with Gasteiger partial charge in [0.25, 0.3) is 0 Å². The normalized spacial score (nSPS) is 12.4. The van der Waals surface area contributed by atoms with E-state index in [1.807, 2.05) is 17.9 Å². The van der Waals surface area contributed by atoms with Crippen molar-refractivity contribution in [3.63, 3.8) is 0 Å². The first kappa shape index (κ1) is 15.6. The van der Waals surface area contributed by atoms with Gasteiger partial charge in [-0.1, -0.05) is 13.0 Å². The number of hydrogen-bond acceptors (Lipinski definition) is 3. The quantitative estimate of drug-likeness (QED) is 0.887. The second-order valence-electron chi connectivity index (χ2n) is 5.46. The van der Waals surface area contributed by atoms with Crippen LogP contribution < -0.4 is 10.1 Å². The summed E-state index contributed by atoms with van der Waals surface area (Å²) >= 11 is 0. The standard InChI is InChI=1S/C17H25N3O/c1-6-8-18-17(14-7-9-19-20(14)4)16-13(3)10-12(2)11-15(16)21-5/h7,9-11,17-18H,6,8H2,1-5H3. The first-order chi connectivity index (χ1) is 10.1. The van der Waals surface area contributed by atoms with Crippen molar-refractivity contribution in [3.05, 3.63) is 46.8 Å². The number of rotatable bonds is 6. The molecule has 1 atom stereocenters. The molecule has 1 unspecified atom stereocenters. The molecular formula is C17H25N3O. The van der Waals surface area contributed by atoms with Gasteiger partial charge in [0.05, 0.1) is 18.8 Å². The van der Waals surface area contributed by atoms with E-state index in [2.05, 4.69) is 49.4 Å². The lowest BCUT2D eigenvalue weighted by atomic mass is 9.95. The van der Waals surface area contributed by atoms with E-state index >= 15 is 0 Å². The van der Waals surface area contributed by atoms with Crippen LogP contribution in [0.2, 0.25) is 0 Å². The third kappa shape index (κ3) is 3.27. The molecule has 0 amide bonds. The Kier molecular flexibility index (Phi) is 5.02. The summed E-state index contributed by atoms with van der Waals surface area (Å²) in [4.78, 5) is 0. The second-order valence-corrected chi connectivity index (χ2v) is 5.46. The van der Waals surface area contributed by atoms with E-state index < -0.39 is 0 Å². The van der Waals surface area contributed by atoms with Crippen LogP contribution in [0.15, 0.2) is 24.4 Å². The maximum atomic E-state index is 5.64. The van der Waals surface area contributed by atoms with E-state index in [9.17, 15) is 0 Å². The Balaban J connectivity index is 2.54. The molecule has 0 aliphatic rings. The van der Waals surface area contributed by atoms with Crippen molar-refractivity contribution in [1.29, 1.82) is 0 Å². The molecular weight excluding hydrogens is 262 g/mol. The van der Waals surface area contributed by atoms with Gasteiger partial charge >= 0.3 is 0 Å². The zero-order chi connectivity index (χ0) is 15.4. The van der Waals surface area contributed by atoms with E-state index in [-0.39, 0.29) is 6.04 Å². The first-order valence-electron chi connectivity index (χ1n) is 7.44. The zero-order valence-corrected chi connectivity index (χ0v) is 13.6. The smallest absolute Gasteiger partial charge is 0.124 e. The summed E-state index contributed by atoms with van der Waals surface area (Å²) in [5.74, 6) is 0.933. The molecule has 0 saturated carbocycles. The number of nitrogens with zero attached hydrogens (tertiary/aromatic N) is 2. The van der Waals surface area contributed by atoms with Gasteiger partial charge in [0.1, 0.15) is 5.75 Å². The van der Waals surface area contributed by atoms with E-state index in [4.69, 9.17) is 4.74 Å². The van der Waals surface area contributed by atoms with Crippen molar-refractivity contribution in [3.8, 4) is 5.75 Å². The minimum absolute atomic E-state index is 0.0907. The molecule has 0 aliphatic carbocycles. The van der Waals surface area contributed by atoms with Gasteiger partial charge in [-0.3, -0.25) is 4.68 Å². The monoisotopic (exact) mass is 287 g/mol. The molecule has 1 N–H and O–H groups in total. The van der Waals surface area contributed by atoms with Gasteiger partial charge in [-0.05, 0) is 50.1 Å². The summed E-state index contributed by atoms with van der Waals surface area (Å²) in [6.45, 7) is 7.36. The minimum Gasteiger partial charge on any atom is -0.496 e. The zero-order valence-electron chi connectivity index (χ0n) is 13.6. The first-order valence-corrected chi connectivity index (χ1v) is 7.44. The third-order valence-electron chi connectivity index (χ3n) is 3.75. The number of aromatic nitrogens is 2. The fourth-order valence-electron chi connectivity index (χ4n) is 2.79. The van der Waals surface area contributed by atoms with Crippen LogP contribution in [0.1, 0.15) is 41.8 Å². The molecule has 0 fully saturated rings. The van der Waals surface area contributed by atoms with Crippen LogP contribution in [-0.4, -0.2) is 23.4 Å². The summed E-state index contributed by atoms with van der Waals surface area (Å²) in [5, 5.41) is 7.93. The van der Waals surface area contributed by atoms with Gasteiger partial charge in [-0.25, -0.2) is 0 Å². The number of aryl methyl sites for hydroxylation is 3. The lowest BCUT2D eigenvalue weighted by Crippen LogP contribution is -2.26. The number of methoxy groups -OCH3 is 1. The van der Waals surface area contributed by atoms with Crippen LogP contribution in [0.25, 0.3) is 0 Å². The Labute approximate surface area is 127 Å². The van der Waals surface area contributed by atoms with E-state index in [0.717, 1.165) is 24.4 Å². The summed E-state index contributed by atoms with van der Waals surface area (Å²) in [7, 11) is 3.71. The lowest BCUT2D eigenvalue weighted by Gasteiger charge is -2.24. The number of benzene rings is 1. The van der Waals surface area contributed by atoms with Crippen molar-refractivity contribution in [2.24, 2.45) is 7.05 Å². The Bertz CT molecular complexity index is 604. The summed E-state index contributed by atoms with van der Waals surface area (Å²) in [6.07, 6.45) is 2.92. The highest BCUT2D eigenvalue weighted by Gasteiger charge is 2.22. The predicted molar refractivity (Wildman–Crippen MR) is 85.8 cm³/mol. The summed E-state index contributed by atoms with van der Waals surface area (Å²) < 4.78 is 7.56. The maximum Gasteiger partial charge on any atom is 0.124 e. The van der Waals surface area contributed by atoms with Crippen LogP contribution in [0, 0.1) is 13.8 Å². The van der Waals surface area contributed by atoms with Crippen LogP contribution in [0.5, 0.6) is 5.75 Å². The number of hydrogen-bond donors (Lipinski definition) is 1. The second kappa shape index (κ2) is 6.76. The van der Waals surface area contributed by atoms with Gasteiger partial charge in [0, 0.05) is 18.8 Å².